The fraction of sp³-hybridized carbons (Fsp3) is 0.406. The van der Waals surface area contributed by atoms with Crippen molar-refractivity contribution < 1.29 is 28.8 Å². The summed E-state index contributed by atoms with van der Waals surface area (Å²) in [7, 11) is 1.40. The highest BCUT2D eigenvalue weighted by atomic mass is 32.2. The molecule has 5 rings (SSSR count). The summed E-state index contributed by atoms with van der Waals surface area (Å²) in [6.45, 7) is 5.43. The Morgan fingerprint density at radius 3 is 2.54 bits per heavy atom. The molecule has 0 aromatic heterocycles. The van der Waals surface area contributed by atoms with Crippen molar-refractivity contribution in [2.75, 3.05) is 31.8 Å². The van der Waals surface area contributed by atoms with Crippen molar-refractivity contribution in [3.05, 3.63) is 76.9 Å². The zero-order chi connectivity index (χ0) is 27.4. The number of carbonyl (C=O) groups is 1. The molecular weight excluding hydrogens is 512 g/mol. The van der Waals surface area contributed by atoms with Gasteiger partial charge in [-0.1, -0.05) is 24.3 Å². The van der Waals surface area contributed by atoms with E-state index in [-0.39, 0.29) is 11.9 Å². The lowest BCUT2D eigenvalue weighted by atomic mass is 9.94. The molecule has 2 aliphatic heterocycles. The van der Waals surface area contributed by atoms with Crippen LogP contribution in [0.2, 0.25) is 0 Å². The van der Waals surface area contributed by atoms with Gasteiger partial charge in [-0.3, -0.25) is 4.79 Å². The Morgan fingerprint density at radius 1 is 1.03 bits per heavy atom. The van der Waals surface area contributed by atoms with E-state index in [4.69, 9.17) is 18.9 Å². The van der Waals surface area contributed by atoms with Crippen molar-refractivity contribution in [2.24, 2.45) is 0 Å². The molecule has 0 saturated carbocycles. The molecule has 0 unspecified atom stereocenters. The molecule has 0 radical (unpaired) electrons. The van der Waals surface area contributed by atoms with Gasteiger partial charge in [0.1, 0.15) is 36.1 Å². The van der Waals surface area contributed by atoms with Crippen molar-refractivity contribution >= 4 is 17.7 Å². The first-order valence-corrected chi connectivity index (χ1v) is 14.6. The zero-order valence-electron chi connectivity index (χ0n) is 22.8. The number of aliphatic hydroxyl groups is 1. The van der Waals surface area contributed by atoms with Crippen molar-refractivity contribution in [1.82, 2.24) is 0 Å². The summed E-state index contributed by atoms with van der Waals surface area (Å²) in [6.07, 6.45) is 1.86. The standard InChI is InChI=1S/C32H36O6S/c1-21-13-27(38-20-32(34)9-11-39-12-10-32)14-22(2)31(21)24-6-4-5-23(15-24)18-36-26-7-8-28-25(16-30(33)35-3)19-37-29(28)17-26/h4-8,13-15,17,25,34H,9-12,16,18-20H2,1-3H3/t25-/m1/s1. The van der Waals surface area contributed by atoms with Gasteiger partial charge in [-0.2, -0.15) is 11.8 Å². The monoisotopic (exact) mass is 548 g/mol. The molecule has 3 aromatic rings. The number of hydrogen-bond acceptors (Lipinski definition) is 7. The fourth-order valence-corrected chi connectivity index (χ4v) is 6.61. The molecule has 206 valence electrons. The first-order valence-electron chi connectivity index (χ1n) is 13.4. The molecular formula is C32H36O6S. The molecule has 0 aliphatic carbocycles. The van der Waals surface area contributed by atoms with Crippen LogP contribution >= 0.6 is 11.8 Å². The Bertz CT molecular complexity index is 1310. The van der Waals surface area contributed by atoms with Crippen molar-refractivity contribution in [3.8, 4) is 28.4 Å². The summed E-state index contributed by atoms with van der Waals surface area (Å²) in [5, 5.41) is 10.8. The van der Waals surface area contributed by atoms with E-state index in [1.807, 2.05) is 30.0 Å². The van der Waals surface area contributed by atoms with Crippen molar-refractivity contribution in [3.63, 3.8) is 0 Å². The van der Waals surface area contributed by atoms with Gasteiger partial charge < -0.3 is 24.1 Å². The van der Waals surface area contributed by atoms with Crippen LogP contribution in [0.4, 0.5) is 0 Å². The topological polar surface area (TPSA) is 74.2 Å². The van der Waals surface area contributed by atoms with Crippen LogP contribution in [0.1, 0.15) is 47.4 Å². The quantitative estimate of drug-likeness (QED) is 0.318. The van der Waals surface area contributed by atoms with E-state index in [0.717, 1.165) is 69.4 Å². The van der Waals surface area contributed by atoms with Gasteiger partial charge in [0, 0.05) is 17.5 Å². The second-order valence-corrected chi connectivity index (χ2v) is 11.8. The number of hydrogen-bond donors (Lipinski definition) is 1. The SMILES string of the molecule is COC(=O)C[C@@H]1COc2cc(OCc3cccc(-c4c(C)cc(OCC5(O)CCSCC5)cc4C)c3)ccc21. The summed E-state index contributed by atoms with van der Waals surface area (Å²) >= 11 is 1.89. The predicted octanol–water partition coefficient (Wildman–Crippen LogP) is 6.23. The maximum atomic E-state index is 11.7. The summed E-state index contributed by atoms with van der Waals surface area (Å²) in [5.41, 5.74) is 5.92. The minimum Gasteiger partial charge on any atom is -0.492 e. The number of thioether (sulfide) groups is 1. The molecule has 1 saturated heterocycles. The highest BCUT2D eigenvalue weighted by molar-refractivity contribution is 7.99. The maximum absolute atomic E-state index is 11.7. The van der Waals surface area contributed by atoms with Gasteiger partial charge >= 0.3 is 5.97 Å². The summed E-state index contributed by atoms with van der Waals surface area (Å²) in [5.74, 6) is 4.03. The predicted molar refractivity (Wildman–Crippen MR) is 154 cm³/mol. The summed E-state index contributed by atoms with van der Waals surface area (Å²) in [6, 6.07) is 18.3. The van der Waals surface area contributed by atoms with Gasteiger partial charge in [0.05, 0.1) is 20.1 Å². The van der Waals surface area contributed by atoms with E-state index in [0.29, 0.717) is 26.2 Å². The van der Waals surface area contributed by atoms with E-state index in [1.165, 1.54) is 12.7 Å². The highest BCUT2D eigenvalue weighted by Crippen LogP contribution is 2.39. The minimum absolute atomic E-state index is 0.0116. The van der Waals surface area contributed by atoms with E-state index in [9.17, 15) is 9.90 Å². The number of benzene rings is 3. The second-order valence-electron chi connectivity index (χ2n) is 10.5. The molecule has 0 amide bonds. The zero-order valence-corrected chi connectivity index (χ0v) is 23.6. The third kappa shape index (κ3) is 6.53. The van der Waals surface area contributed by atoms with E-state index < -0.39 is 5.60 Å². The number of methoxy groups -OCH3 is 1. The lowest BCUT2D eigenvalue weighted by Crippen LogP contribution is -2.39. The third-order valence-corrected chi connectivity index (χ3v) is 8.55. The highest BCUT2D eigenvalue weighted by Gasteiger charge is 2.30. The second kappa shape index (κ2) is 11.9. The van der Waals surface area contributed by atoms with Gasteiger partial charge in [-0.05, 0) is 90.3 Å². The molecule has 0 spiro atoms. The van der Waals surface area contributed by atoms with Crippen LogP contribution in [0.5, 0.6) is 17.2 Å². The van der Waals surface area contributed by atoms with Crippen LogP contribution in [0, 0.1) is 13.8 Å². The Hall–Kier alpha value is -3.16. The van der Waals surface area contributed by atoms with Gasteiger partial charge in [0.25, 0.3) is 0 Å². The molecule has 1 atom stereocenters. The number of ether oxygens (including phenoxy) is 4. The van der Waals surface area contributed by atoms with Crippen LogP contribution in [0.15, 0.2) is 54.6 Å². The molecule has 0 bridgehead atoms. The Balaban J connectivity index is 1.24. The van der Waals surface area contributed by atoms with E-state index in [1.54, 1.807) is 0 Å². The van der Waals surface area contributed by atoms with Crippen molar-refractivity contribution in [1.29, 1.82) is 0 Å². The number of carbonyl (C=O) groups excluding carboxylic acids is 1. The minimum atomic E-state index is -0.726. The Kier molecular flexibility index (Phi) is 8.38. The first-order chi connectivity index (χ1) is 18.8. The average molecular weight is 549 g/mol. The molecule has 3 aromatic carbocycles. The Morgan fingerprint density at radius 2 is 1.79 bits per heavy atom. The van der Waals surface area contributed by atoms with E-state index >= 15 is 0 Å². The van der Waals surface area contributed by atoms with Gasteiger partial charge in [0.15, 0.2) is 0 Å². The first kappa shape index (κ1) is 27.4. The smallest absolute Gasteiger partial charge is 0.306 e. The lowest BCUT2D eigenvalue weighted by Gasteiger charge is -2.31. The largest absolute Gasteiger partial charge is 0.492 e. The van der Waals surface area contributed by atoms with Gasteiger partial charge in [-0.15, -0.1) is 0 Å². The molecule has 39 heavy (non-hydrogen) atoms. The fourth-order valence-electron chi connectivity index (χ4n) is 5.36. The third-order valence-electron chi connectivity index (χ3n) is 7.56. The summed E-state index contributed by atoms with van der Waals surface area (Å²) < 4.78 is 22.8. The summed E-state index contributed by atoms with van der Waals surface area (Å²) in [4.78, 5) is 11.7. The normalized spacial score (nSPS) is 17.7. The van der Waals surface area contributed by atoms with Crippen LogP contribution < -0.4 is 14.2 Å². The lowest BCUT2D eigenvalue weighted by molar-refractivity contribution is -0.141. The molecule has 1 fully saturated rings. The maximum Gasteiger partial charge on any atom is 0.306 e. The van der Waals surface area contributed by atoms with Crippen LogP contribution in [0.25, 0.3) is 11.1 Å². The van der Waals surface area contributed by atoms with Crippen molar-refractivity contribution in [2.45, 2.75) is 51.2 Å². The van der Waals surface area contributed by atoms with Crippen LogP contribution in [-0.2, 0) is 16.1 Å². The number of rotatable bonds is 9. The number of fused-ring (bicyclic) bond motifs is 1. The molecule has 2 heterocycles. The molecule has 1 N–H and O–H groups in total. The Labute approximate surface area is 234 Å². The number of aryl methyl sites for hydroxylation is 2. The average Bonchev–Trinajstić information content (AvgIpc) is 3.33. The van der Waals surface area contributed by atoms with Gasteiger partial charge in [-0.25, -0.2) is 0 Å². The molecule has 7 heteroatoms. The van der Waals surface area contributed by atoms with Crippen LogP contribution in [0.3, 0.4) is 0 Å². The van der Waals surface area contributed by atoms with Crippen LogP contribution in [-0.4, -0.2) is 48.5 Å². The van der Waals surface area contributed by atoms with Gasteiger partial charge in [0.2, 0.25) is 0 Å². The molecule has 2 aliphatic rings. The molecule has 6 nitrogen and oxygen atoms in total. The van der Waals surface area contributed by atoms with E-state index in [2.05, 4.69) is 50.2 Å². The number of esters is 1.